The van der Waals surface area contributed by atoms with E-state index in [4.69, 9.17) is 27.5 Å². The Hall–Kier alpha value is -7.32. The van der Waals surface area contributed by atoms with Crippen molar-refractivity contribution in [3.05, 3.63) is 72.3 Å². The van der Waals surface area contributed by atoms with Gasteiger partial charge in [-0.15, -0.1) is 0 Å². The summed E-state index contributed by atoms with van der Waals surface area (Å²) in [5.41, 5.74) is 4.35. The zero-order valence-corrected chi connectivity index (χ0v) is 29.1. The van der Waals surface area contributed by atoms with Gasteiger partial charge in [-0.2, -0.15) is 0 Å². The summed E-state index contributed by atoms with van der Waals surface area (Å²) in [5, 5.41) is 0. The fraction of sp³-hybridized carbons (Fsp3) is 0.273. The lowest BCUT2D eigenvalue weighted by atomic mass is 10.4. The molecule has 0 fully saturated rings. The molecule has 0 amide bonds. The molecule has 0 aromatic carbocycles. The van der Waals surface area contributed by atoms with Crippen molar-refractivity contribution >= 4 is 69.7 Å². The van der Waals surface area contributed by atoms with Crippen LogP contribution < -0.4 is 0 Å². The third-order valence-electron chi connectivity index (χ3n) is 6.58. The molecule has 0 aliphatic rings. The van der Waals surface area contributed by atoms with Crippen LogP contribution in [0.15, 0.2) is 68.4 Å². The van der Waals surface area contributed by atoms with Gasteiger partial charge in [-0.25, -0.2) is 28.8 Å². The molecule has 54 heavy (non-hydrogen) atoms. The van der Waals surface area contributed by atoms with Crippen LogP contribution in [-0.2, 0) is 42.6 Å². The first-order chi connectivity index (χ1) is 25.9. The van der Waals surface area contributed by atoms with Crippen molar-refractivity contribution in [3.63, 3.8) is 0 Å². The van der Waals surface area contributed by atoms with Crippen molar-refractivity contribution in [1.29, 1.82) is 0 Å². The van der Waals surface area contributed by atoms with Gasteiger partial charge in [-0.1, -0.05) is 6.92 Å². The second-order valence-electron chi connectivity index (χ2n) is 10.2. The van der Waals surface area contributed by atoms with Gasteiger partial charge in [0, 0.05) is 54.0 Å². The van der Waals surface area contributed by atoms with E-state index in [1.165, 1.54) is 51.0 Å². The molecule has 21 heteroatoms. The topological polar surface area (TPSA) is 272 Å². The molecule has 0 aliphatic carbocycles. The second kappa shape index (κ2) is 18.8. The van der Waals surface area contributed by atoms with E-state index in [0.29, 0.717) is 39.7 Å². The quantitative estimate of drug-likeness (QED) is 0.0728. The van der Waals surface area contributed by atoms with Gasteiger partial charge in [-0.3, -0.25) is 0 Å². The molecule has 0 spiro atoms. The van der Waals surface area contributed by atoms with Gasteiger partial charge in [0.2, 0.25) is 13.1 Å². The highest BCUT2D eigenvalue weighted by atomic mass is 16.8. The highest BCUT2D eigenvalue weighted by Gasteiger charge is 2.21. The minimum atomic E-state index is -1.04. The molecule has 0 bridgehead atoms. The zero-order valence-electron chi connectivity index (χ0n) is 29.1. The zero-order chi connectivity index (χ0) is 39.2. The Bertz CT molecular complexity index is 2110. The lowest BCUT2D eigenvalue weighted by Crippen LogP contribution is -2.24. The molecule has 6 aromatic rings. The number of carbonyl (C=O) groups excluding carboxylic acids is 6. The van der Waals surface area contributed by atoms with Crippen LogP contribution in [0.4, 0.5) is 14.4 Å². The Kier molecular flexibility index (Phi) is 13.7. The number of furan rings is 3. The molecule has 6 rings (SSSR count). The molecule has 0 saturated carbocycles. The molecular weight excluding hydrogens is 726 g/mol. The highest BCUT2D eigenvalue weighted by molar-refractivity contribution is 5.94. The summed E-state index contributed by atoms with van der Waals surface area (Å²) >= 11 is 0. The minimum Gasteiger partial charge on any atom is -0.463 e. The molecule has 0 saturated heterocycles. The van der Waals surface area contributed by atoms with E-state index in [0.717, 1.165) is 14.2 Å². The van der Waals surface area contributed by atoms with Crippen molar-refractivity contribution in [2.24, 2.45) is 0 Å². The van der Waals surface area contributed by atoms with Crippen LogP contribution in [0.3, 0.4) is 0 Å². The van der Waals surface area contributed by atoms with Gasteiger partial charge < -0.3 is 70.8 Å². The standard InChI is InChI=1S/C12H13NO6.C11H11NO6.C10H9NO6.3H2/c1-3-10(19-12(15)16-2)18-11(14)8-6-9-7(13-8)4-5-17-9;1-6(18-11(14)15-2)17-10(13)8-5-9-7(12-8)3-4-16-9;1-14-10(13)17-5-16-9(12)7-4-8-6(11-7)2-3-15-8;;;/h4-6,10,13H,3H2,1-2H3;3-6,12H,1-2H3;2-4,11H,5H2,1H3;3*1H. The monoisotopic (exact) mass is 765 g/mol. The summed E-state index contributed by atoms with van der Waals surface area (Å²) in [4.78, 5) is 75.7. The molecule has 6 aromatic heterocycles. The predicted octanol–water partition coefficient (Wildman–Crippen LogP) is 6.88. The van der Waals surface area contributed by atoms with Crippen LogP contribution in [0.2, 0.25) is 0 Å². The van der Waals surface area contributed by atoms with E-state index < -0.39 is 55.7 Å². The average molecular weight is 766 g/mol. The van der Waals surface area contributed by atoms with E-state index in [2.05, 4.69) is 43.4 Å². The number of aromatic nitrogens is 3. The number of hydrogen-bond acceptors (Lipinski definition) is 18. The number of aromatic amines is 3. The van der Waals surface area contributed by atoms with Gasteiger partial charge in [0.05, 0.1) is 56.7 Å². The summed E-state index contributed by atoms with van der Waals surface area (Å²) in [6, 6.07) is 9.56. The van der Waals surface area contributed by atoms with Gasteiger partial charge in [0.15, 0.2) is 16.7 Å². The van der Waals surface area contributed by atoms with E-state index in [1.54, 1.807) is 25.1 Å². The summed E-state index contributed by atoms with van der Waals surface area (Å²) < 4.78 is 56.4. The number of carbonyl (C=O) groups is 6. The molecule has 2 atom stereocenters. The number of nitrogens with one attached hydrogen (secondary N) is 3. The molecule has 0 radical (unpaired) electrons. The molecule has 21 nitrogen and oxygen atoms in total. The number of hydrogen-bond donors (Lipinski definition) is 3. The van der Waals surface area contributed by atoms with Crippen molar-refractivity contribution in [2.45, 2.75) is 32.8 Å². The first-order valence-corrected chi connectivity index (χ1v) is 15.4. The van der Waals surface area contributed by atoms with Crippen LogP contribution in [0, 0.1) is 0 Å². The van der Waals surface area contributed by atoms with E-state index >= 15 is 0 Å². The van der Waals surface area contributed by atoms with Crippen LogP contribution in [-0.4, -0.2) is 92.0 Å². The van der Waals surface area contributed by atoms with Crippen LogP contribution in [0.5, 0.6) is 0 Å². The predicted molar refractivity (Wildman–Crippen MR) is 183 cm³/mol. The number of rotatable bonds is 10. The Morgan fingerprint density at radius 1 is 0.593 bits per heavy atom. The third-order valence-corrected chi connectivity index (χ3v) is 6.58. The summed E-state index contributed by atoms with van der Waals surface area (Å²) in [6.07, 6.45) is 0.0431. The van der Waals surface area contributed by atoms with Crippen molar-refractivity contribution in [2.75, 3.05) is 28.1 Å². The van der Waals surface area contributed by atoms with E-state index in [9.17, 15) is 28.8 Å². The fourth-order valence-corrected chi connectivity index (χ4v) is 4.09. The Morgan fingerprint density at radius 2 is 1.02 bits per heavy atom. The third kappa shape index (κ3) is 10.8. The highest BCUT2D eigenvalue weighted by Crippen LogP contribution is 2.19. The average Bonchev–Trinajstić information content (AvgIpc) is 3.99. The van der Waals surface area contributed by atoms with Crippen molar-refractivity contribution in [1.82, 2.24) is 15.0 Å². The number of ether oxygens (including phenoxy) is 9. The van der Waals surface area contributed by atoms with Crippen molar-refractivity contribution < 1.29 is 88.9 Å². The molecule has 3 N–H and O–H groups in total. The normalized spacial score (nSPS) is 11.5. The second-order valence-corrected chi connectivity index (χ2v) is 10.2. The molecule has 2 unspecified atom stereocenters. The van der Waals surface area contributed by atoms with Gasteiger partial charge >= 0.3 is 36.4 Å². The number of methoxy groups -OCH3 is 3. The van der Waals surface area contributed by atoms with E-state index in [1.807, 2.05) is 0 Å². The maximum absolute atomic E-state index is 11.8. The maximum Gasteiger partial charge on any atom is 0.511 e. The number of esters is 3. The van der Waals surface area contributed by atoms with Gasteiger partial charge in [0.1, 0.15) is 17.1 Å². The minimum absolute atomic E-state index is 0. The first kappa shape index (κ1) is 39.5. The lowest BCUT2D eigenvalue weighted by Gasteiger charge is -2.14. The molecular formula is C33H39N3O18. The van der Waals surface area contributed by atoms with Crippen LogP contribution in [0.1, 0.15) is 56.0 Å². The number of H-pyrrole nitrogens is 3. The first-order valence-electron chi connectivity index (χ1n) is 15.4. The fourth-order valence-electron chi connectivity index (χ4n) is 4.09. The van der Waals surface area contributed by atoms with Crippen molar-refractivity contribution in [3.8, 4) is 0 Å². The SMILES string of the molecule is CCC(OC(=O)OC)OC(=O)c1cc2occc2[nH]1.COC(=O)OC(C)OC(=O)c1cc2occc2[nH]1.COC(=O)OCOC(=O)c1cc2occc2[nH]1.[HH].[HH].[HH]. The van der Waals surface area contributed by atoms with Gasteiger partial charge in [0.25, 0.3) is 6.29 Å². The molecule has 0 aliphatic heterocycles. The van der Waals surface area contributed by atoms with Crippen LogP contribution >= 0.6 is 0 Å². The molecule has 294 valence electrons. The Morgan fingerprint density at radius 3 is 1.44 bits per heavy atom. The summed E-state index contributed by atoms with van der Waals surface area (Å²) in [6.45, 7) is 2.61. The largest absolute Gasteiger partial charge is 0.511 e. The smallest absolute Gasteiger partial charge is 0.463 e. The van der Waals surface area contributed by atoms with E-state index in [-0.39, 0.29) is 21.4 Å². The summed E-state index contributed by atoms with van der Waals surface area (Å²) in [5.74, 6) is -1.94. The van der Waals surface area contributed by atoms with Gasteiger partial charge in [-0.05, 0) is 0 Å². The lowest BCUT2D eigenvalue weighted by molar-refractivity contribution is -0.0902. The van der Waals surface area contributed by atoms with Crippen LogP contribution in [0.25, 0.3) is 33.3 Å². The number of fused-ring (bicyclic) bond motifs is 3. The maximum atomic E-state index is 11.8. The Balaban J connectivity index is 0.000000417. The summed E-state index contributed by atoms with van der Waals surface area (Å²) in [7, 11) is 3.50. The Labute approximate surface area is 307 Å². The molecule has 6 heterocycles.